The Kier molecular flexibility index (Phi) is 6.44. The molecular formula is C18H16ClN3OS2. The zero-order chi connectivity index (χ0) is 17.5. The maximum Gasteiger partial charge on any atom is 0.226 e. The third-order valence-corrected chi connectivity index (χ3v) is 5.71. The SMILES string of the molecule is O=C(Cc1csc(SCc2cccc(Cl)c2)n1)NCc1cccnc1. The maximum absolute atomic E-state index is 12.0. The summed E-state index contributed by atoms with van der Waals surface area (Å²) in [6.07, 6.45) is 3.74. The zero-order valence-electron chi connectivity index (χ0n) is 13.3. The van der Waals surface area contributed by atoms with Crippen molar-refractivity contribution in [2.45, 2.75) is 23.1 Å². The predicted molar refractivity (Wildman–Crippen MR) is 103 cm³/mol. The number of hydrogen-bond donors (Lipinski definition) is 1. The summed E-state index contributed by atoms with van der Waals surface area (Å²) < 4.78 is 0.954. The van der Waals surface area contributed by atoms with Crippen LogP contribution in [0.2, 0.25) is 5.02 Å². The molecule has 0 radical (unpaired) electrons. The van der Waals surface area contributed by atoms with Crippen LogP contribution in [0.3, 0.4) is 0 Å². The van der Waals surface area contributed by atoms with Gasteiger partial charge >= 0.3 is 0 Å². The van der Waals surface area contributed by atoms with Crippen LogP contribution in [0.15, 0.2) is 58.5 Å². The minimum absolute atomic E-state index is 0.0412. The number of hydrogen-bond acceptors (Lipinski definition) is 5. The minimum atomic E-state index is -0.0412. The minimum Gasteiger partial charge on any atom is -0.352 e. The van der Waals surface area contributed by atoms with Crippen LogP contribution in [0.4, 0.5) is 0 Å². The van der Waals surface area contributed by atoms with E-state index < -0.39 is 0 Å². The van der Waals surface area contributed by atoms with Crippen molar-refractivity contribution in [3.05, 3.63) is 76.0 Å². The summed E-state index contributed by atoms with van der Waals surface area (Å²) in [5.74, 6) is 0.765. The van der Waals surface area contributed by atoms with E-state index in [2.05, 4.69) is 15.3 Å². The molecule has 3 aromatic rings. The van der Waals surface area contributed by atoms with Gasteiger partial charge in [0.15, 0.2) is 0 Å². The van der Waals surface area contributed by atoms with Gasteiger partial charge in [-0.2, -0.15) is 0 Å². The molecule has 0 aliphatic heterocycles. The van der Waals surface area contributed by atoms with Crippen LogP contribution in [0, 0.1) is 0 Å². The predicted octanol–water partition coefficient (Wildman–Crippen LogP) is 4.34. The molecule has 3 rings (SSSR count). The van der Waals surface area contributed by atoms with Gasteiger partial charge in [0.1, 0.15) is 4.34 Å². The number of thioether (sulfide) groups is 1. The molecule has 7 heteroatoms. The Labute approximate surface area is 159 Å². The molecule has 2 aromatic heterocycles. The Hall–Kier alpha value is -1.89. The number of nitrogens with zero attached hydrogens (tertiary/aromatic N) is 2. The van der Waals surface area contributed by atoms with E-state index in [9.17, 15) is 4.79 Å². The number of thiazole rings is 1. The summed E-state index contributed by atoms with van der Waals surface area (Å²) in [5, 5.41) is 5.56. The maximum atomic E-state index is 12.0. The molecule has 0 saturated heterocycles. The second-order valence-electron chi connectivity index (χ2n) is 5.34. The van der Waals surface area contributed by atoms with Crippen LogP contribution in [0.25, 0.3) is 0 Å². The average molecular weight is 390 g/mol. The molecule has 0 saturated carbocycles. The highest BCUT2D eigenvalue weighted by Gasteiger charge is 2.08. The van der Waals surface area contributed by atoms with Crippen LogP contribution in [0.1, 0.15) is 16.8 Å². The molecule has 2 heterocycles. The van der Waals surface area contributed by atoms with Gasteiger partial charge in [0.05, 0.1) is 12.1 Å². The van der Waals surface area contributed by atoms with Crippen molar-refractivity contribution in [1.82, 2.24) is 15.3 Å². The highest BCUT2D eigenvalue weighted by atomic mass is 35.5. The molecule has 128 valence electrons. The molecule has 0 unspecified atom stereocenters. The molecule has 25 heavy (non-hydrogen) atoms. The molecule has 1 aromatic carbocycles. The number of carbonyl (C=O) groups is 1. The first-order chi connectivity index (χ1) is 12.2. The Morgan fingerprint density at radius 2 is 2.12 bits per heavy atom. The molecule has 0 bridgehead atoms. The average Bonchev–Trinajstić information content (AvgIpc) is 3.06. The molecule has 0 spiro atoms. The summed E-state index contributed by atoms with van der Waals surface area (Å²) in [5.41, 5.74) is 2.93. The zero-order valence-corrected chi connectivity index (χ0v) is 15.7. The Balaban J connectivity index is 1.47. The molecule has 0 fully saturated rings. The fourth-order valence-electron chi connectivity index (χ4n) is 2.14. The lowest BCUT2D eigenvalue weighted by atomic mass is 10.2. The van der Waals surface area contributed by atoms with Gasteiger partial charge in [-0.3, -0.25) is 9.78 Å². The monoisotopic (exact) mass is 389 g/mol. The number of rotatable bonds is 7. The first-order valence-electron chi connectivity index (χ1n) is 7.66. The Morgan fingerprint density at radius 1 is 1.24 bits per heavy atom. The van der Waals surface area contributed by atoms with Gasteiger partial charge in [0.25, 0.3) is 0 Å². The number of nitrogens with one attached hydrogen (secondary N) is 1. The number of benzene rings is 1. The first kappa shape index (κ1) is 17.9. The van der Waals surface area contributed by atoms with Crippen molar-refractivity contribution in [3.63, 3.8) is 0 Å². The van der Waals surface area contributed by atoms with Gasteiger partial charge in [-0.05, 0) is 29.3 Å². The lowest BCUT2D eigenvalue weighted by Crippen LogP contribution is -2.24. The Bertz CT molecular complexity index is 839. The molecule has 1 N–H and O–H groups in total. The van der Waals surface area contributed by atoms with Crippen LogP contribution in [0.5, 0.6) is 0 Å². The van der Waals surface area contributed by atoms with Gasteiger partial charge in [-0.25, -0.2) is 4.98 Å². The quantitative estimate of drug-likeness (QED) is 0.610. The fourth-order valence-corrected chi connectivity index (χ4v) is 4.14. The van der Waals surface area contributed by atoms with Crippen molar-refractivity contribution in [2.75, 3.05) is 0 Å². The summed E-state index contributed by atoms with van der Waals surface area (Å²) >= 11 is 9.20. The number of halogens is 1. The number of pyridine rings is 1. The smallest absolute Gasteiger partial charge is 0.226 e. The van der Waals surface area contributed by atoms with E-state index in [1.54, 1.807) is 35.5 Å². The van der Waals surface area contributed by atoms with Crippen molar-refractivity contribution in [1.29, 1.82) is 0 Å². The van der Waals surface area contributed by atoms with Crippen molar-refractivity contribution >= 4 is 40.6 Å². The lowest BCUT2D eigenvalue weighted by molar-refractivity contribution is -0.120. The van der Waals surface area contributed by atoms with Crippen LogP contribution < -0.4 is 5.32 Å². The number of aromatic nitrogens is 2. The largest absolute Gasteiger partial charge is 0.352 e. The van der Waals surface area contributed by atoms with E-state index in [0.29, 0.717) is 6.54 Å². The van der Waals surface area contributed by atoms with E-state index in [0.717, 1.165) is 31.9 Å². The molecule has 0 atom stereocenters. The van der Waals surface area contributed by atoms with Crippen molar-refractivity contribution in [2.24, 2.45) is 0 Å². The van der Waals surface area contributed by atoms with Gasteiger partial charge in [-0.15, -0.1) is 11.3 Å². The summed E-state index contributed by atoms with van der Waals surface area (Å²) in [7, 11) is 0. The number of carbonyl (C=O) groups excluding carboxylic acids is 1. The third kappa shape index (κ3) is 5.85. The summed E-state index contributed by atoms with van der Waals surface area (Å²) in [6.45, 7) is 0.479. The highest BCUT2D eigenvalue weighted by molar-refractivity contribution is 8.00. The third-order valence-electron chi connectivity index (χ3n) is 3.34. The first-order valence-corrected chi connectivity index (χ1v) is 9.90. The van der Waals surface area contributed by atoms with Gasteiger partial charge in [0.2, 0.25) is 5.91 Å². The molecule has 4 nitrogen and oxygen atoms in total. The van der Waals surface area contributed by atoms with Crippen molar-refractivity contribution in [3.8, 4) is 0 Å². The number of amides is 1. The van der Waals surface area contributed by atoms with E-state index in [-0.39, 0.29) is 12.3 Å². The molecular weight excluding hydrogens is 374 g/mol. The van der Waals surface area contributed by atoms with E-state index in [4.69, 9.17) is 11.6 Å². The normalized spacial score (nSPS) is 10.6. The topological polar surface area (TPSA) is 54.9 Å². The Morgan fingerprint density at radius 3 is 2.92 bits per heavy atom. The second kappa shape index (κ2) is 8.99. The molecule has 1 amide bonds. The van der Waals surface area contributed by atoms with E-state index >= 15 is 0 Å². The highest BCUT2D eigenvalue weighted by Crippen LogP contribution is 2.27. The van der Waals surface area contributed by atoms with Gasteiger partial charge < -0.3 is 5.32 Å². The van der Waals surface area contributed by atoms with Crippen LogP contribution in [-0.2, 0) is 23.5 Å². The standard InChI is InChI=1S/C18H16ClN3OS2/c19-15-5-1-3-13(7-15)11-24-18-22-16(12-25-18)8-17(23)21-10-14-4-2-6-20-9-14/h1-7,9,12H,8,10-11H2,(H,21,23). The van der Waals surface area contributed by atoms with E-state index in [1.165, 1.54) is 0 Å². The second-order valence-corrected chi connectivity index (χ2v) is 7.86. The van der Waals surface area contributed by atoms with Crippen LogP contribution >= 0.6 is 34.7 Å². The van der Waals surface area contributed by atoms with E-state index in [1.807, 2.05) is 41.8 Å². The summed E-state index contributed by atoms with van der Waals surface area (Å²) in [4.78, 5) is 20.6. The lowest BCUT2D eigenvalue weighted by Gasteiger charge is -2.03. The summed E-state index contributed by atoms with van der Waals surface area (Å²) in [6, 6.07) is 11.6. The molecule has 0 aliphatic rings. The molecule has 0 aliphatic carbocycles. The van der Waals surface area contributed by atoms with Gasteiger partial charge in [-0.1, -0.05) is 41.6 Å². The van der Waals surface area contributed by atoms with Crippen molar-refractivity contribution < 1.29 is 4.79 Å². The van der Waals surface area contributed by atoms with Gasteiger partial charge in [0, 0.05) is 35.1 Å². The fraction of sp³-hybridized carbons (Fsp3) is 0.167. The van der Waals surface area contributed by atoms with Crippen LogP contribution in [-0.4, -0.2) is 15.9 Å².